The summed E-state index contributed by atoms with van der Waals surface area (Å²) in [6.45, 7) is 4.35. The first-order chi connectivity index (χ1) is 9.18. The first-order valence-corrected chi connectivity index (χ1v) is 6.24. The Balaban J connectivity index is 2.23. The van der Waals surface area contributed by atoms with Gasteiger partial charge in [0.25, 0.3) is 5.91 Å². The van der Waals surface area contributed by atoms with Crippen LogP contribution in [-0.4, -0.2) is 45.9 Å². The third-order valence-electron chi connectivity index (χ3n) is 3.10. The number of carbonyl (C=O) groups is 1. The standard InChI is InChI=1S/C12H16F3N3O2/c1-7-5-18(6-8(2)20-7)11(19)9-4-10(12(13,14)15)16-17(9)3/h4,7-8H,5-6H2,1-3H3/t7-,8-/m1/s1. The summed E-state index contributed by atoms with van der Waals surface area (Å²) in [4.78, 5) is 13.8. The van der Waals surface area contributed by atoms with Gasteiger partial charge in [0.05, 0.1) is 12.2 Å². The number of hydrogen-bond donors (Lipinski definition) is 0. The summed E-state index contributed by atoms with van der Waals surface area (Å²) in [6.07, 6.45) is -4.84. The van der Waals surface area contributed by atoms with Crippen LogP contribution in [0, 0.1) is 0 Å². The van der Waals surface area contributed by atoms with Crippen LogP contribution in [0.25, 0.3) is 0 Å². The summed E-state index contributed by atoms with van der Waals surface area (Å²) < 4.78 is 44.2. The fourth-order valence-electron chi connectivity index (χ4n) is 2.31. The van der Waals surface area contributed by atoms with E-state index >= 15 is 0 Å². The highest BCUT2D eigenvalue weighted by Crippen LogP contribution is 2.28. The molecule has 0 bridgehead atoms. The van der Waals surface area contributed by atoms with Gasteiger partial charge in [0, 0.05) is 26.2 Å². The first-order valence-electron chi connectivity index (χ1n) is 6.24. The fraction of sp³-hybridized carbons (Fsp3) is 0.667. The summed E-state index contributed by atoms with van der Waals surface area (Å²) in [5.41, 5.74) is -1.13. The van der Waals surface area contributed by atoms with E-state index in [-0.39, 0.29) is 17.9 Å². The van der Waals surface area contributed by atoms with Gasteiger partial charge < -0.3 is 9.64 Å². The average molecular weight is 291 g/mol. The van der Waals surface area contributed by atoms with Crippen molar-refractivity contribution in [1.82, 2.24) is 14.7 Å². The van der Waals surface area contributed by atoms with Gasteiger partial charge in [0.15, 0.2) is 5.69 Å². The molecule has 0 radical (unpaired) electrons. The maximum absolute atomic E-state index is 12.6. The summed E-state index contributed by atoms with van der Waals surface area (Å²) in [5, 5.41) is 3.35. The topological polar surface area (TPSA) is 47.4 Å². The normalized spacial score (nSPS) is 24.0. The number of rotatable bonds is 1. The van der Waals surface area contributed by atoms with Gasteiger partial charge in [-0.15, -0.1) is 0 Å². The maximum Gasteiger partial charge on any atom is 0.435 e. The van der Waals surface area contributed by atoms with Crippen molar-refractivity contribution < 1.29 is 22.7 Å². The monoisotopic (exact) mass is 291 g/mol. The van der Waals surface area contributed by atoms with Crippen LogP contribution in [0.2, 0.25) is 0 Å². The highest BCUT2D eigenvalue weighted by molar-refractivity contribution is 5.92. The third-order valence-corrected chi connectivity index (χ3v) is 3.10. The Morgan fingerprint density at radius 2 is 1.90 bits per heavy atom. The Kier molecular flexibility index (Phi) is 3.77. The van der Waals surface area contributed by atoms with Crippen LogP contribution in [0.4, 0.5) is 13.2 Å². The molecule has 1 fully saturated rings. The zero-order chi connectivity index (χ0) is 15.1. The fourth-order valence-corrected chi connectivity index (χ4v) is 2.31. The number of ether oxygens (including phenoxy) is 1. The SMILES string of the molecule is C[C@@H]1CN(C(=O)c2cc(C(F)(F)F)nn2C)C[C@@H](C)O1. The second kappa shape index (κ2) is 5.08. The van der Waals surface area contributed by atoms with Crippen molar-refractivity contribution in [3.8, 4) is 0 Å². The minimum atomic E-state index is -4.55. The number of halogens is 3. The highest BCUT2D eigenvalue weighted by Gasteiger charge is 2.36. The Hall–Kier alpha value is -1.57. The summed E-state index contributed by atoms with van der Waals surface area (Å²) >= 11 is 0. The lowest BCUT2D eigenvalue weighted by Gasteiger charge is -2.35. The molecule has 8 heteroatoms. The van der Waals surface area contributed by atoms with Crippen molar-refractivity contribution in [3.63, 3.8) is 0 Å². The van der Waals surface area contributed by atoms with Crippen LogP contribution in [0.5, 0.6) is 0 Å². The summed E-state index contributed by atoms with van der Waals surface area (Å²) in [5.74, 6) is -0.461. The van der Waals surface area contributed by atoms with E-state index in [9.17, 15) is 18.0 Å². The molecule has 20 heavy (non-hydrogen) atoms. The van der Waals surface area contributed by atoms with Crippen molar-refractivity contribution in [2.75, 3.05) is 13.1 Å². The molecular weight excluding hydrogens is 275 g/mol. The van der Waals surface area contributed by atoms with Gasteiger partial charge in [-0.1, -0.05) is 0 Å². The van der Waals surface area contributed by atoms with Gasteiger partial charge in [-0.05, 0) is 13.8 Å². The quantitative estimate of drug-likeness (QED) is 0.791. The van der Waals surface area contributed by atoms with Gasteiger partial charge in [-0.3, -0.25) is 9.48 Å². The van der Waals surface area contributed by atoms with E-state index in [4.69, 9.17) is 4.74 Å². The van der Waals surface area contributed by atoms with Crippen LogP contribution in [0.3, 0.4) is 0 Å². The molecule has 1 saturated heterocycles. The Bertz CT molecular complexity index is 503. The van der Waals surface area contributed by atoms with Crippen LogP contribution in [0.15, 0.2) is 6.07 Å². The molecule has 2 rings (SSSR count). The average Bonchev–Trinajstić information content (AvgIpc) is 2.69. The van der Waals surface area contributed by atoms with E-state index in [1.807, 2.05) is 13.8 Å². The Morgan fingerprint density at radius 1 is 1.35 bits per heavy atom. The largest absolute Gasteiger partial charge is 0.435 e. The number of amides is 1. The van der Waals surface area contributed by atoms with E-state index in [0.29, 0.717) is 13.1 Å². The number of aromatic nitrogens is 2. The maximum atomic E-state index is 12.6. The molecule has 1 amide bonds. The molecule has 0 N–H and O–H groups in total. The number of carbonyl (C=O) groups excluding carboxylic acids is 1. The van der Waals surface area contributed by atoms with Gasteiger partial charge >= 0.3 is 6.18 Å². The molecule has 0 aromatic carbocycles. The van der Waals surface area contributed by atoms with E-state index in [1.165, 1.54) is 11.9 Å². The lowest BCUT2D eigenvalue weighted by atomic mass is 10.2. The van der Waals surface area contributed by atoms with E-state index in [1.54, 1.807) is 0 Å². The van der Waals surface area contributed by atoms with Crippen molar-refractivity contribution in [2.45, 2.75) is 32.2 Å². The number of nitrogens with zero attached hydrogens (tertiary/aromatic N) is 3. The van der Waals surface area contributed by atoms with Crippen LogP contribution < -0.4 is 0 Å². The molecule has 2 heterocycles. The van der Waals surface area contributed by atoms with Crippen LogP contribution in [0.1, 0.15) is 30.0 Å². The molecule has 0 saturated carbocycles. The van der Waals surface area contributed by atoms with Crippen LogP contribution >= 0.6 is 0 Å². The van der Waals surface area contributed by atoms with Crippen molar-refractivity contribution in [1.29, 1.82) is 0 Å². The zero-order valence-corrected chi connectivity index (χ0v) is 11.4. The molecule has 2 atom stereocenters. The Labute approximate surface area is 114 Å². The van der Waals surface area contributed by atoms with Gasteiger partial charge in [-0.2, -0.15) is 18.3 Å². The summed E-state index contributed by atoms with van der Waals surface area (Å²) in [6, 6.07) is 0.785. The Morgan fingerprint density at radius 3 is 2.35 bits per heavy atom. The van der Waals surface area contributed by atoms with Crippen molar-refractivity contribution >= 4 is 5.91 Å². The van der Waals surface area contributed by atoms with E-state index in [0.717, 1.165) is 10.7 Å². The third kappa shape index (κ3) is 2.95. The second-order valence-corrected chi connectivity index (χ2v) is 5.00. The molecule has 1 aromatic rings. The van der Waals surface area contributed by atoms with E-state index in [2.05, 4.69) is 5.10 Å². The highest BCUT2D eigenvalue weighted by atomic mass is 19.4. The van der Waals surface area contributed by atoms with Gasteiger partial charge in [0.2, 0.25) is 0 Å². The minimum absolute atomic E-state index is 0.0707. The lowest BCUT2D eigenvalue weighted by Crippen LogP contribution is -2.48. The molecule has 0 aliphatic carbocycles. The van der Waals surface area contributed by atoms with Crippen LogP contribution in [-0.2, 0) is 18.0 Å². The molecule has 0 unspecified atom stereocenters. The number of aryl methyl sites for hydroxylation is 1. The first kappa shape index (κ1) is 14.8. The van der Waals surface area contributed by atoms with Gasteiger partial charge in [0.1, 0.15) is 5.69 Å². The molecule has 1 aliphatic rings. The van der Waals surface area contributed by atoms with Crippen molar-refractivity contribution in [3.05, 3.63) is 17.5 Å². The number of alkyl halides is 3. The smallest absolute Gasteiger partial charge is 0.372 e. The molecule has 1 aliphatic heterocycles. The second-order valence-electron chi connectivity index (χ2n) is 5.00. The van der Waals surface area contributed by atoms with Gasteiger partial charge in [-0.25, -0.2) is 0 Å². The molecular formula is C12H16F3N3O2. The van der Waals surface area contributed by atoms with Crippen molar-refractivity contribution in [2.24, 2.45) is 7.05 Å². The number of morpholine rings is 1. The molecule has 5 nitrogen and oxygen atoms in total. The molecule has 0 spiro atoms. The van der Waals surface area contributed by atoms with E-state index < -0.39 is 17.8 Å². The predicted octanol–water partition coefficient (Wildman–Crippen LogP) is 1.69. The summed E-state index contributed by atoms with van der Waals surface area (Å²) in [7, 11) is 1.33. The minimum Gasteiger partial charge on any atom is -0.372 e. The predicted molar refractivity (Wildman–Crippen MR) is 64.1 cm³/mol. The zero-order valence-electron chi connectivity index (χ0n) is 11.4. The number of hydrogen-bond acceptors (Lipinski definition) is 3. The molecule has 112 valence electrons. The molecule has 1 aromatic heterocycles. The lowest BCUT2D eigenvalue weighted by molar-refractivity contribution is -0.141.